The van der Waals surface area contributed by atoms with E-state index in [1.165, 1.54) is 0 Å². The van der Waals surface area contributed by atoms with Crippen LogP contribution in [0.4, 0.5) is 22.7 Å². The summed E-state index contributed by atoms with van der Waals surface area (Å²) in [6.45, 7) is -2.35. The van der Waals surface area contributed by atoms with Crippen LogP contribution in [0.25, 0.3) is 0 Å². The molecule has 0 saturated carbocycles. The number of hydrogen-bond acceptors (Lipinski definition) is 10. The van der Waals surface area contributed by atoms with Crippen LogP contribution in [0.5, 0.6) is 0 Å². The molecule has 38 heavy (non-hydrogen) atoms. The van der Waals surface area contributed by atoms with Crippen molar-refractivity contribution in [3.63, 3.8) is 0 Å². The zero-order valence-corrected chi connectivity index (χ0v) is 31.9. The third kappa shape index (κ3) is 9.06. The lowest BCUT2D eigenvalue weighted by atomic mass is 10.1. The molecular weight excluding hydrogens is 1190 g/mol. The van der Waals surface area contributed by atoms with E-state index in [0.717, 1.165) is 10.7 Å². The number of halogens is 6. The number of anilines is 4. The molecule has 0 saturated heterocycles. The maximum atomic E-state index is 11.5. The Hall–Kier alpha value is 1.12. The van der Waals surface area contributed by atoms with Gasteiger partial charge < -0.3 is 52.7 Å². The second-order valence-electron chi connectivity index (χ2n) is 7.10. The topological polar surface area (TPSA) is 232 Å². The fraction of sp³-hybridized carbons (Fsp3) is 0.300. The van der Waals surface area contributed by atoms with Crippen molar-refractivity contribution >= 4 is 170 Å². The van der Waals surface area contributed by atoms with Gasteiger partial charge in [0.25, 0.3) is 0 Å². The Balaban J connectivity index is 0.000000415. The van der Waals surface area contributed by atoms with E-state index >= 15 is 0 Å². The summed E-state index contributed by atoms with van der Waals surface area (Å²) in [5.41, 5.74) is 14.3. The highest BCUT2D eigenvalue weighted by Crippen LogP contribution is 2.41. The number of carbonyl (C=O) groups is 2. The number of nitrogens with two attached hydrogens (primary N) is 2. The Labute approximate surface area is 299 Å². The first-order valence-electron chi connectivity index (χ1n) is 10.0. The van der Waals surface area contributed by atoms with Gasteiger partial charge in [-0.15, -0.1) is 0 Å². The fourth-order valence-electron chi connectivity index (χ4n) is 2.75. The molecule has 2 unspecified atom stereocenters. The van der Waals surface area contributed by atoms with Crippen molar-refractivity contribution in [2.45, 2.75) is 12.2 Å². The van der Waals surface area contributed by atoms with E-state index in [2.05, 4.69) is 78.4 Å². The number of nitrogen functional groups attached to an aromatic ring is 2. The average Bonchev–Trinajstić information content (AvgIpc) is 2.90. The van der Waals surface area contributed by atoms with Crippen molar-refractivity contribution in [3.05, 3.63) is 32.5 Å². The van der Waals surface area contributed by atoms with Crippen molar-refractivity contribution < 1.29 is 40.2 Å². The molecule has 18 heteroatoms. The number of aliphatic hydroxyl groups excluding tert-OH is 6. The molecule has 0 aliphatic carbocycles. The van der Waals surface area contributed by atoms with E-state index in [1.54, 1.807) is 0 Å². The third-order valence-electron chi connectivity index (χ3n) is 4.60. The van der Waals surface area contributed by atoms with Crippen molar-refractivity contribution in [2.24, 2.45) is 0 Å². The number of carbonyl (C=O) groups excluding carboxylic acids is 2. The van der Waals surface area contributed by atoms with Crippen LogP contribution in [0.3, 0.4) is 0 Å². The van der Waals surface area contributed by atoms with Gasteiger partial charge in [0.15, 0.2) is 0 Å². The first kappa shape index (κ1) is 37.1. The number of nitrogens with one attached hydrogen (secondary N) is 2. The molecule has 2 rings (SSSR count). The van der Waals surface area contributed by atoms with Crippen LogP contribution in [0.2, 0.25) is 0 Å². The van der Waals surface area contributed by atoms with E-state index in [-0.39, 0.29) is 6.61 Å². The molecule has 12 N–H and O–H groups in total. The minimum Gasteiger partial charge on any atom is -0.397 e. The summed E-state index contributed by atoms with van der Waals surface area (Å²) >= 11 is 11.9. The predicted molar refractivity (Wildman–Crippen MR) is 194 cm³/mol. The van der Waals surface area contributed by atoms with Gasteiger partial charge in [-0.3, -0.25) is 9.59 Å². The van der Waals surface area contributed by atoms with Crippen LogP contribution >= 0.6 is 136 Å². The summed E-state index contributed by atoms with van der Waals surface area (Å²) < 4.78 is 3.70. The van der Waals surface area contributed by atoms with Gasteiger partial charge >= 0.3 is 0 Å². The van der Waals surface area contributed by atoms with Crippen molar-refractivity contribution in [2.75, 3.05) is 48.5 Å². The molecule has 0 aromatic heterocycles. The van der Waals surface area contributed by atoms with Gasteiger partial charge in [-0.05, 0) is 136 Å². The molecule has 2 amide bonds. The van der Waals surface area contributed by atoms with Gasteiger partial charge in [0.1, 0.15) is 25.4 Å². The minimum atomic E-state index is -1.22. The van der Waals surface area contributed by atoms with Crippen molar-refractivity contribution in [1.82, 2.24) is 0 Å². The number of rotatable bonds is 8. The van der Waals surface area contributed by atoms with Gasteiger partial charge in [0.05, 0.1) is 43.1 Å². The summed E-state index contributed by atoms with van der Waals surface area (Å²) in [4.78, 5) is 23.0. The van der Waals surface area contributed by atoms with E-state index in [4.69, 9.17) is 26.8 Å². The second-order valence-corrected chi connectivity index (χ2v) is 13.6. The average molecular weight is 1210 g/mol. The molecule has 2 aromatic rings. The zero-order valence-electron chi connectivity index (χ0n) is 18.9. The summed E-state index contributed by atoms with van der Waals surface area (Å²) in [7, 11) is 0. The Kier molecular flexibility index (Phi) is 16.9. The predicted octanol–water partition coefficient (Wildman–Crippen LogP) is 2.08. The first-order valence-corrected chi connectivity index (χ1v) is 16.5. The van der Waals surface area contributed by atoms with Crippen LogP contribution in [0.1, 0.15) is 23.3 Å². The first-order chi connectivity index (χ1) is 17.7. The smallest absolute Gasteiger partial charge is 0.250 e. The highest BCUT2D eigenvalue weighted by Gasteiger charge is 2.26. The highest BCUT2D eigenvalue weighted by molar-refractivity contribution is 14.1. The lowest BCUT2D eigenvalue weighted by Crippen LogP contribution is -2.23. The third-order valence-corrected chi connectivity index (χ3v) is 11.4. The maximum Gasteiger partial charge on any atom is 0.250 e. The minimum absolute atomic E-state index is 0.293. The van der Waals surface area contributed by atoms with E-state index in [0.29, 0.717) is 44.6 Å². The van der Waals surface area contributed by atoms with E-state index < -0.39 is 43.8 Å². The number of benzene rings is 2. The molecular formula is C20H22I6N4O8. The second kappa shape index (κ2) is 17.3. The molecule has 2 atom stereocenters. The highest BCUT2D eigenvalue weighted by atomic mass is 127. The molecule has 212 valence electrons. The quantitative estimate of drug-likeness (QED) is 0.137. The molecule has 0 aliphatic heterocycles. The van der Waals surface area contributed by atoms with Crippen LogP contribution in [-0.4, -0.2) is 68.9 Å². The summed E-state index contributed by atoms with van der Waals surface area (Å²) in [5, 5.41) is 60.6. The Bertz CT molecular complexity index is 1130. The summed E-state index contributed by atoms with van der Waals surface area (Å²) in [5.74, 6) is -1.32. The standard InChI is InChI=1S/C12H13I3N2O6.C8H9I3N2O2/c13-8-7(4(21)1-18)9(14)12(17-6(23)3-20)10(15)11(8)16-5(22)2-19;9-4-3(2(15)1-14)5(10)8(13)6(11)7(4)12/h4,18-21H,1-3H2,(H,16,22)(H,17,23);2,14-15H,1,12-13H2. The number of hydrogen-bond donors (Lipinski definition) is 10. The van der Waals surface area contributed by atoms with Gasteiger partial charge in [-0.2, -0.15) is 0 Å². The molecule has 12 nitrogen and oxygen atoms in total. The molecule has 0 bridgehead atoms. The van der Waals surface area contributed by atoms with Crippen molar-refractivity contribution in [1.29, 1.82) is 0 Å². The van der Waals surface area contributed by atoms with Crippen LogP contribution in [0.15, 0.2) is 0 Å². The van der Waals surface area contributed by atoms with Crippen LogP contribution in [-0.2, 0) is 9.59 Å². The zero-order chi connectivity index (χ0) is 29.5. The molecule has 0 aliphatic rings. The lowest BCUT2D eigenvalue weighted by molar-refractivity contribution is -0.119. The molecule has 0 radical (unpaired) electrons. The van der Waals surface area contributed by atoms with E-state index in [9.17, 15) is 24.9 Å². The lowest BCUT2D eigenvalue weighted by Gasteiger charge is -2.22. The SMILES string of the molecule is Nc1c(I)c(N)c(I)c(C(O)CO)c1I.O=C(CO)Nc1c(I)c(NC(=O)CO)c(I)c(C(O)CO)c1I. The number of amides is 2. The van der Waals surface area contributed by atoms with Crippen LogP contribution < -0.4 is 22.1 Å². The Morgan fingerprint density at radius 3 is 1.21 bits per heavy atom. The maximum absolute atomic E-state index is 11.5. The van der Waals surface area contributed by atoms with Gasteiger partial charge in [0.2, 0.25) is 11.8 Å². The largest absolute Gasteiger partial charge is 0.397 e. The molecule has 0 heterocycles. The van der Waals surface area contributed by atoms with Gasteiger partial charge in [0, 0.05) is 25.4 Å². The summed E-state index contributed by atoms with van der Waals surface area (Å²) in [6, 6.07) is 0. The van der Waals surface area contributed by atoms with Crippen LogP contribution in [0, 0.1) is 21.4 Å². The van der Waals surface area contributed by atoms with Crippen molar-refractivity contribution in [3.8, 4) is 0 Å². The van der Waals surface area contributed by atoms with Gasteiger partial charge in [-0.25, -0.2) is 0 Å². The molecule has 2 aromatic carbocycles. The summed E-state index contributed by atoms with van der Waals surface area (Å²) in [6.07, 6.45) is -2.16. The fourth-order valence-corrected chi connectivity index (χ4v) is 11.1. The van der Waals surface area contributed by atoms with Gasteiger partial charge in [-0.1, -0.05) is 0 Å². The Morgan fingerprint density at radius 1 is 0.605 bits per heavy atom. The molecule has 0 fully saturated rings. The number of aliphatic hydroxyl groups is 6. The normalized spacial score (nSPS) is 12.3. The Morgan fingerprint density at radius 2 is 0.921 bits per heavy atom. The van der Waals surface area contributed by atoms with E-state index in [1.807, 2.05) is 67.8 Å². The monoisotopic (exact) mass is 1210 g/mol. The molecule has 0 spiro atoms.